The second-order valence-electron chi connectivity index (χ2n) is 8.00. The van der Waals surface area contributed by atoms with Gasteiger partial charge in [0, 0.05) is 38.3 Å². The predicted octanol–water partition coefficient (Wildman–Crippen LogP) is 2.54. The highest BCUT2D eigenvalue weighted by Crippen LogP contribution is 2.34. The van der Waals surface area contributed by atoms with E-state index in [-0.39, 0.29) is 5.54 Å². The first-order valence-corrected chi connectivity index (χ1v) is 9.78. The number of nitrogens with zero attached hydrogens (tertiary/aromatic N) is 5. The molecular formula is C19H30N6O. The number of ether oxygens (including phenoxy) is 1. The fourth-order valence-corrected chi connectivity index (χ4v) is 4.32. The summed E-state index contributed by atoms with van der Waals surface area (Å²) in [6.07, 6.45) is 8.90. The van der Waals surface area contributed by atoms with E-state index in [1.807, 2.05) is 17.9 Å². The topological polar surface area (TPSA) is 68.1 Å². The fourth-order valence-electron chi connectivity index (χ4n) is 4.32. The lowest BCUT2D eigenvalue weighted by Gasteiger charge is -2.43. The average molecular weight is 358 g/mol. The lowest BCUT2D eigenvalue weighted by atomic mass is 9.88. The van der Waals surface area contributed by atoms with E-state index in [0.29, 0.717) is 5.92 Å². The Labute approximate surface area is 155 Å². The molecule has 0 radical (unpaired) electrons. The quantitative estimate of drug-likeness (QED) is 0.886. The summed E-state index contributed by atoms with van der Waals surface area (Å²) in [4.78, 5) is 12.1. The van der Waals surface area contributed by atoms with Crippen LogP contribution in [0.1, 0.15) is 50.3 Å². The van der Waals surface area contributed by atoms with E-state index < -0.39 is 0 Å². The molecular weight excluding hydrogens is 328 g/mol. The summed E-state index contributed by atoms with van der Waals surface area (Å²) >= 11 is 0. The molecule has 26 heavy (non-hydrogen) atoms. The van der Waals surface area contributed by atoms with Gasteiger partial charge in [-0.1, -0.05) is 12.8 Å². The fraction of sp³-hybridized carbons (Fsp3) is 0.737. The lowest BCUT2D eigenvalue weighted by Crippen LogP contribution is -2.53. The van der Waals surface area contributed by atoms with Crippen molar-refractivity contribution in [3.8, 4) is 0 Å². The number of hydrogen-bond acceptors (Lipinski definition) is 6. The molecule has 0 bridgehead atoms. The zero-order chi connectivity index (χ0) is 18.1. The maximum absolute atomic E-state index is 5.59. The molecule has 1 aliphatic carbocycles. The van der Waals surface area contributed by atoms with Crippen LogP contribution in [0.3, 0.4) is 0 Å². The minimum absolute atomic E-state index is 0.102. The second-order valence-corrected chi connectivity index (χ2v) is 8.00. The van der Waals surface area contributed by atoms with E-state index in [2.05, 4.69) is 29.4 Å². The van der Waals surface area contributed by atoms with Crippen molar-refractivity contribution in [3.05, 3.63) is 12.0 Å². The molecule has 1 aliphatic heterocycles. The van der Waals surface area contributed by atoms with E-state index >= 15 is 0 Å². The van der Waals surface area contributed by atoms with Crippen molar-refractivity contribution in [2.75, 3.05) is 39.2 Å². The Morgan fingerprint density at radius 2 is 1.96 bits per heavy atom. The van der Waals surface area contributed by atoms with Crippen LogP contribution in [0.25, 0.3) is 11.0 Å². The minimum Gasteiger partial charge on any atom is -0.381 e. The number of aromatic nitrogens is 4. The first kappa shape index (κ1) is 17.7. The summed E-state index contributed by atoms with van der Waals surface area (Å²) < 4.78 is 7.45. The van der Waals surface area contributed by atoms with Crippen molar-refractivity contribution in [2.24, 2.45) is 7.05 Å². The standard InChI is InChI=1S/C19H30N6O/c1-24(2)19(8-10-26-11-9-19)13-20-17-15-12-21-25(3)18(15)23-16(22-17)14-6-4-5-7-14/h12,14H,4-11,13H2,1-3H3,(H,20,22,23). The number of likely N-dealkylation sites (N-methyl/N-ethyl adjacent to an activating group) is 1. The summed E-state index contributed by atoms with van der Waals surface area (Å²) in [6, 6.07) is 0. The average Bonchev–Trinajstić information content (AvgIpc) is 3.31. The Kier molecular flexibility index (Phi) is 4.84. The highest BCUT2D eigenvalue weighted by molar-refractivity contribution is 5.86. The first-order chi connectivity index (χ1) is 12.6. The summed E-state index contributed by atoms with van der Waals surface area (Å²) in [5.41, 5.74) is 1.03. The molecule has 0 spiro atoms. The van der Waals surface area contributed by atoms with Gasteiger partial charge in [-0.05, 0) is 39.8 Å². The maximum atomic E-state index is 5.59. The number of nitrogens with one attached hydrogen (secondary N) is 1. The monoisotopic (exact) mass is 358 g/mol. The zero-order valence-corrected chi connectivity index (χ0v) is 16.2. The van der Waals surface area contributed by atoms with Crippen LogP contribution >= 0.6 is 0 Å². The molecule has 2 aromatic rings. The minimum atomic E-state index is 0.102. The molecule has 0 unspecified atom stereocenters. The van der Waals surface area contributed by atoms with Gasteiger partial charge in [-0.3, -0.25) is 4.68 Å². The third-order valence-corrected chi connectivity index (χ3v) is 6.29. The zero-order valence-electron chi connectivity index (χ0n) is 16.2. The smallest absolute Gasteiger partial charge is 0.163 e. The molecule has 7 heteroatoms. The van der Waals surface area contributed by atoms with Gasteiger partial charge in [-0.2, -0.15) is 5.10 Å². The third kappa shape index (κ3) is 3.18. The van der Waals surface area contributed by atoms with E-state index in [4.69, 9.17) is 14.7 Å². The van der Waals surface area contributed by atoms with Crippen LogP contribution in [0.5, 0.6) is 0 Å². The Bertz CT molecular complexity index is 759. The van der Waals surface area contributed by atoms with Crippen molar-refractivity contribution >= 4 is 16.9 Å². The predicted molar refractivity (Wildman–Crippen MR) is 102 cm³/mol. The third-order valence-electron chi connectivity index (χ3n) is 6.29. The Balaban J connectivity index is 1.64. The number of rotatable bonds is 5. The van der Waals surface area contributed by atoms with E-state index in [1.54, 1.807) is 0 Å². The molecule has 1 N–H and O–H groups in total. The van der Waals surface area contributed by atoms with E-state index in [1.165, 1.54) is 25.7 Å². The summed E-state index contributed by atoms with van der Waals surface area (Å²) in [7, 11) is 6.28. The summed E-state index contributed by atoms with van der Waals surface area (Å²) in [6.45, 7) is 2.49. The molecule has 4 rings (SSSR count). The van der Waals surface area contributed by atoms with Crippen LogP contribution in [0, 0.1) is 0 Å². The highest BCUT2D eigenvalue weighted by atomic mass is 16.5. The maximum Gasteiger partial charge on any atom is 0.163 e. The van der Waals surface area contributed by atoms with Crippen LogP contribution in [-0.2, 0) is 11.8 Å². The summed E-state index contributed by atoms with van der Waals surface area (Å²) in [5, 5.41) is 9.08. The van der Waals surface area contributed by atoms with Gasteiger partial charge in [0.2, 0.25) is 0 Å². The molecule has 2 aliphatic rings. The van der Waals surface area contributed by atoms with Gasteiger partial charge in [-0.15, -0.1) is 0 Å². The lowest BCUT2D eigenvalue weighted by molar-refractivity contribution is -0.000653. The number of hydrogen-bond donors (Lipinski definition) is 1. The van der Waals surface area contributed by atoms with Gasteiger partial charge in [-0.25, -0.2) is 9.97 Å². The number of aryl methyl sites for hydroxylation is 1. The van der Waals surface area contributed by atoms with Crippen molar-refractivity contribution in [3.63, 3.8) is 0 Å². The van der Waals surface area contributed by atoms with Gasteiger partial charge in [0.05, 0.1) is 11.6 Å². The van der Waals surface area contributed by atoms with E-state index in [0.717, 1.165) is 55.3 Å². The molecule has 2 fully saturated rings. The highest BCUT2D eigenvalue weighted by Gasteiger charge is 2.35. The first-order valence-electron chi connectivity index (χ1n) is 9.78. The van der Waals surface area contributed by atoms with Crippen molar-refractivity contribution in [1.82, 2.24) is 24.6 Å². The Morgan fingerprint density at radius 3 is 2.65 bits per heavy atom. The van der Waals surface area contributed by atoms with Crippen LogP contribution in [0.2, 0.25) is 0 Å². The van der Waals surface area contributed by atoms with Gasteiger partial charge in [0.25, 0.3) is 0 Å². The SMILES string of the molecule is CN(C)C1(CNc2nc(C3CCCC3)nc3c2cnn3C)CCOCC1. The number of anilines is 1. The van der Waals surface area contributed by atoms with Gasteiger partial charge >= 0.3 is 0 Å². The molecule has 2 aromatic heterocycles. The molecule has 1 saturated heterocycles. The van der Waals surface area contributed by atoms with Crippen LogP contribution < -0.4 is 5.32 Å². The second kappa shape index (κ2) is 7.12. The Morgan fingerprint density at radius 1 is 1.23 bits per heavy atom. The molecule has 142 valence electrons. The number of fused-ring (bicyclic) bond motifs is 1. The summed E-state index contributed by atoms with van der Waals surface area (Å²) in [5.74, 6) is 2.39. The van der Waals surface area contributed by atoms with Crippen molar-refractivity contribution in [2.45, 2.75) is 50.0 Å². The molecule has 3 heterocycles. The van der Waals surface area contributed by atoms with Crippen LogP contribution in [0.4, 0.5) is 5.82 Å². The molecule has 7 nitrogen and oxygen atoms in total. The van der Waals surface area contributed by atoms with Crippen LogP contribution in [0.15, 0.2) is 6.20 Å². The molecule has 1 saturated carbocycles. The van der Waals surface area contributed by atoms with Crippen LogP contribution in [-0.4, -0.2) is 64.0 Å². The van der Waals surface area contributed by atoms with Crippen molar-refractivity contribution < 1.29 is 4.74 Å². The largest absolute Gasteiger partial charge is 0.381 e. The van der Waals surface area contributed by atoms with E-state index in [9.17, 15) is 0 Å². The molecule has 0 amide bonds. The van der Waals surface area contributed by atoms with Gasteiger partial charge in [0.15, 0.2) is 5.65 Å². The van der Waals surface area contributed by atoms with Gasteiger partial charge in [0.1, 0.15) is 11.6 Å². The molecule has 0 atom stereocenters. The normalized spacial score (nSPS) is 20.9. The van der Waals surface area contributed by atoms with Crippen molar-refractivity contribution in [1.29, 1.82) is 0 Å². The Hall–Kier alpha value is -1.73. The molecule has 0 aromatic carbocycles. The van der Waals surface area contributed by atoms with Gasteiger partial charge < -0.3 is 15.0 Å².